The minimum atomic E-state index is 0.640. The van der Waals surface area contributed by atoms with E-state index in [2.05, 4.69) is 178 Å². The lowest BCUT2D eigenvalue weighted by atomic mass is 9.88. The Kier molecular flexibility index (Phi) is 10.6. The van der Waals surface area contributed by atoms with Gasteiger partial charge in [-0.05, 0) is 91.2 Å². The van der Waals surface area contributed by atoms with Gasteiger partial charge in [0, 0.05) is 6.54 Å². The molecule has 0 saturated heterocycles. The van der Waals surface area contributed by atoms with Gasteiger partial charge in [-0.3, -0.25) is 0 Å². The van der Waals surface area contributed by atoms with Gasteiger partial charge >= 0.3 is 0 Å². The van der Waals surface area contributed by atoms with Gasteiger partial charge in [0.2, 0.25) is 0 Å². The highest BCUT2D eigenvalue weighted by Crippen LogP contribution is 2.39. The number of rotatable bonds is 4. The molecule has 0 fully saturated rings. The van der Waals surface area contributed by atoms with Crippen molar-refractivity contribution in [3.05, 3.63) is 217 Å². The average molecular weight is 670 g/mol. The van der Waals surface area contributed by atoms with Crippen LogP contribution in [-0.4, -0.2) is 0 Å². The maximum absolute atomic E-state index is 5.35. The summed E-state index contributed by atoms with van der Waals surface area (Å²) < 4.78 is 0. The zero-order valence-corrected chi connectivity index (χ0v) is 29.8. The fourth-order valence-electron chi connectivity index (χ4n) is 6.79. The maximum atomic E-state index is 5.35. The summed E-state index contributed by atoms with van der Waals surface area (Å²) in [5.74, 6) is 0. The molecular formula is C51H43N. The molecule has 0 radical (unpaired) electrons. The quantitative estimate of drug-likeness (QED) is 0.185. The molecule has 0 aliphatic carbocycles. The van der Waals surface area contributed by atoms with Gasteiger partial charge < -0.3 is 5.73 Å². The highest BCUT2D eigenvalue weighted by Gasteiger charge is 2.13. The SMILES string of the molecule is Cc1ccc(-c2c(-c3ccc4c(ccc5ccccc54)c3)ccc3ccccc23)cc1.Cc1cccc(-c2ccccc2)c1.NCc1ccccc1. The number of benzene rings is 9. The molecular weight excluding hydrogens is 627 g/mol. The molecule has 1 nitrogen and oxygen atoms in total. The molecule has 0 unspecified atom stereocenters. The Bertz CT molecular complexity index is 2550. The fraction of sp³-hybridized carbons (Fsp3) is 0.0588. The van der Waals surface area contributed by atoms with Crippen molar-refractivity contribution in [2.24, 2.45) is 5.73 Å². The van der Waals surface area contributed by atoms with Crippen molar-refractivity contribution < 1.29 is 0 Å². The Morgan fingerprint density at radius 1 is 0.346 bits per heavy atom. The lowest BCUT2D eigenvalue weighted by molar-refractivity contribution is 1.07. The monoisotopic (exact) mass is 669 g/mol. The normalized spacial score (nSPS) is 10.7. The molecule has 9 rings (SSSR count). The first-order valence-electron chi connectivity index (χ1n) is 17.9. The van der Waals surface area contributed by atoms with Crippen LogP contribution in [0.4, 0.5) is 0 Å². The molecule has 1 heteroatoms. The Morgan fingerprint density at radius 2 is 0.904 bits per heavy atom. The molecule has 0 aromatic heterocycles. The van der Waals surface area contributed by atoms with Gasteiger partial charge in [0.25, 0.3) is 0 Å². The van der Waals surface area contributed by atoms with E-state index >= 15 is 0 Å². The second-order valence-electron chi connectivity index (χ2n) is 13.2. The van der Waals surface area contributed by atoms with E-state index in [4.69, 9.17) is 5.73 Å². The number of aryl methyl sites for hydroxylation is 2. The van der Waals surface area contributed by atoms with Gasteiger partial charge in [-0.25, -0.2) is 0 Å². The molecule has 9 aromatic rings. The van der Waals surface area contributed by atoms with Crippen LogP contribution in [0.5, 0.6) is 0 Å². The molecule has 2 N–H and O–H groups in total. The molecule has 0 heterocycles. The molecule has 0 aliphatic rings. The Balaban J connectivity index is 0.000000163. The smallest absolute Gasteiger partial charge is 0.0178 e. The van der Waals surface area contributed by atoms with E-state index in [1.165, 1.54) is 82.4 Å². The number of hydrogen-bond donors (Lipinski definition) is 1. The highest BCUT2D eigenvalue weighted by molar-refractivity contribution is 6.10. The lowest BCUT2D eigenvalue weighted by Crippen LogP contribution is -1.94. The first-order valence-corrected chi connectivity index (χ1v) is 17.9. The second kappa shape index (κ2) is 16.2. The molecule has 52 heavy (non-hydrogen) atoms. The average Bonchev–Trinajstić information content (AvgIpc) is 3.21. The fourth-order valence-corrected chi connectivity index (χ4v) is 6.79. The summed E-state index contributed by atoms with van der Waals surface area (Å²) in [5, 5.41) is 7.74. The van der Waals surface area contributed by atoms with Crippen LogP contribution in [0.1, 0.15) is 16.7 Å². The predicted molar refractivity (Wildman–Crippen MR) is 226 cm³/mol. The Hall–Kier alpha value is -6.28. The molecule has 0 saturated carbocycles. The molecule has 0 bridgehead atoms. The van der Waals surface area contributed by atoms with Crippen molar-refractivity contribution in [1.29, 1.82) is 0 Å². The van der Waals surface area contributed by atoms with Gasteiger partial charge in [-0.15, -0.1) is 0 Å². The van der Waals surface area contributed by atoms with Crippen molar-refractivity contribution in [3.8, 4) is 33.4 Å². The zero-order chi connectivity index (χ0) is 35.7. The minimum absolute atomic E-state index is 0.640. The van der Waals surface area contributed by atoms with Gasteiger partial charge in [0.05, 0.1) is 0 Å². The largest absolute Gasteiger partial charge is 0.326 e. The van der Waals surface area contributed by atoms with E-state index in [0.29, 0.717) is 6.54 Å². The van der Waals surface area contributed by atoms with Crippen LogP contribution in [0.25, 0.3) is 65.7 Å². The van der Waals surface area contributed by atoms with Crippen LogP contribution >= 0.6 is 0 Å². The third kappa shape index (κ3) is 7.87. The summed E-state index contributed by atoms with van der Waals surface area (Å²) in [6.45, 7) is 4.90. The predicted octanol–water partition coefficient (Wildman–Crippen LogP) is 13.6. The van der Waals surface area contributed by atoms with Crippen molar-refractivity contribution >= 4 is 32.3 Å². The number of fused-ring (bicyclic) bond motifs is 4. The highest BCUT2D eigenvalue weighted by atomic mass is 14.5. The summed E-state index contributed by atoms with van der Waals surface area (Å²) >= 11 is 0. The third-order valence-corrected chi connectivity index (χ3v) is 9.53. The summed E-state index contributed by atoms with van der Waals surface area (Å²) in [6, 6.07) is 71.1. The van der Waals surface area contributed by atoms with Crippen LogP contribution in [0, 0.1) is 13.8 Å². The van der Waals surface area contributed by atoms with Gasteiger partial charge in [0.1, 0.15) is 0 Å². The van der Waals surface area contributed by atoms with Crippen LogP contribution in [-0.2, 0) is 6.54 Å². The van der Waals surface area contributed by atoms with Crippen LogP contribution in [0.2, 0.25) is 0 Å². The van der Waals surface area contributed by atoms with Crippen molar-refractivity contribution in [2.45, 2.75) is 20.4 Å². The first-order chi connectivity index (χ1) is 25.6. The molecule has 0 spiro atoms. The molecule has 0 aliphatic heterocycles. The lowest BCUT2D eigenvalue weighted by Gasteiger charge is -2.15. The van der Waals surface area contributed by atoms with Crippen molar-refractivity contribution in [2.75, 3.05) is 0 Å². The van der Waals surface area contributed by atoms with Crippen molar-refractivity contribution in [3.63, 3.8) is 0 Å². The van der Waals surface area contributed by atoms with E-state index in [1.807, 2.05) is 36.4 Å². The van der Waals surface area contributed by atoms with E-state index in [1.54, 1.807) is 0 Å². The van der Waals surface area contributed by atoms with Gasteiger partial charge in [0.15, 0.2) is 0 Å². The topological polar surface area (TPSA) is 26.0 Å². The summed E-state index contributed by atoms with van der Waals surface area (Å²) in [4.78, 5) is 0. The van der Waals surface area contributed by atoms with E-state index in [0.717, 1.165) is 0 Å². The van der Waals surface area contributed by atoms with Crippen LogP contribution in [0.3, 0.4) is 0 Å². The molecule has 252 valence electrons. The standard InChI is InChI=1S/C31H22.C13H12.C7H9N/c1-21-10-12-24(13-11-21)31-29-9-5-3-7-23(29)16-19-30(31)26-17-18-28-25(20-26)15-14-22-6-2-4-8-27(22)28;1-11-6-5-9-13(10-11)12-7-3-2-4-8-12;8-6-7-4-2-1-3-5-7/h2-20H,1H3;2-10H,1H3;1-5H,6,8H2. The van der Waals surface area contributed by atoms with Gasteiger partial charge in [-0.1, -0.05) is 205 Å². The summed E-state index contributed by atoms with van der Waals surface area (Å²) in [7, 11) is 0. The zero-order valence-electron chi connectivity index (χ0n) is 29.8. The number of nitrogens with two attached hydrogens (primary N) is 1. The minimum Gasteiger partial charge on any atom is -0.326 e. The second-order valence-corrected chi connectivity index (χ2v) is 13.2. The molecule has 0 amide bonds. The Labute approximate surface area is 307 Å². The number of hydrogen-bond acceptors (Lipinski definition) is 1. The van der Waals surface area contributed by atoms with Crippen molar-refractivity contribution in [1.82, 2.24) is 0 Å². The van der Waals surface area contributed by atoms with Gasteiger partial charge in [-0.2, -0.15) is 0 Å². The van der Waals surface area contributed by atoms with Crippen LogP contribution < -0.4 is 5.73 Å². The Morgan fingerprint density at radius 3 is 1.60 bits per heavy atom. The van der Waals surface area contributed by atoms with E-state index in [-0.39, 0.29) is 0 Å². The maximum Gasteiger partial charge on any atom is 0.0178 e. The summed E-state index contributed by atoms with van der Waals surface area (Å²) in [6.07, 6.45) is 0. The summed E-state index contributed by atoms with van der Waals surface area (Å²) in [5.41, 5.74) is 16.8. The third-order valence-electron chi connectivity index (χ3n) is 9.53. The first kappa shape index (κ1) is 34.2. The van der Waals surface area contributed by atoms with E-state index < -0.39 is 0 Å². The van der Waals surface area contributed by atoms with E-state index in [9.17, 15) is 0 Å². The molecule has 9 aromatic carbocycles. The van der Waals surface area contributed by atoms with Crippen LogP contribution in [0.15, 0.2) is 200 Å². The molecule has 0 atom stereocenters.